The summed E-state index contributed by atoms with van der Waals surface area (Å²) in [5, 5.41) is 1.08. The number of hydrogen-bond acceptors (Lipinski definition) is 2. The number of aromatic nitrogens is 1. The van der Waals surface area contributed by atoms with Gasteiger partial charge in [-0.25, -0.2) is 4.98 Å². The van der Waals surface area contributed by atoms with Gasteiger partial charge in [-0.3, -0.25) is 0 Å². The lowest BCUT2D eigenvalue weighted by molar-refractivity contribution is 1.32. The SMILES string of the molecule is Cc1ccc(-c2nc(Br)c(C)s2)cc1. The van der Waals surface area contributed by atoms with Crippen molar-refractivity contribution in [1.29, 1.82) is 0 Å². The quantitative estimate of drug-likeness (QED) is 0.755. The Hall–Kier alpha value is -0.670. The summed E-state index contributed by atoms with van der Waals surface area (Å²) in [5.41, 5.74) is 2.47. The zero-order valence-corrected chi connectivity index (χ0v) is 10.4. The molecule has 72 valence electrons. The van der Waals surface area contributed by atoms with Crippen LogP contribution in [0.25, 0.3) is 10.6 Å². The zero-order chi connectivity index (χ0) is 10.1. The van der Waals surface area contributed by atoms with Gasteiger partial charge < -0.3 is 0 Å². The first-order chi connectivity index (χ1) is 6.66. The third kappa shape index (κ3) is 1.88. The molecule has 0 atom stereocenters. The fraction of sp³-hybridized carbons (Fsp3) is 0.182. The highest BCUT2D eigenvalue weighted by Gasteiger charge is 2.06. The molecular formula is C11H10BrNS. The highest BCUT2D eigenvalue weighted by Crippen LogP contribution is 2.30. The average molecular weight is 268 g/mol. The molecule has 2 aromatic rings. The van der Waals surface area contributed by atoms with Crippen LogP contribution in [0.1, 0.15) is 10.4 Å². The molecule has 0 spiro atoms. The number of nitrogens with zero attached hydrogens (tertiary/aromatic N) is 1. The molecule has 0 fully saturated rings. The van der Waals surface area contributed by atoms with E-state index in [1.807, 2.05) is 0 Å². The smallest absolute Gasteiger partial charge is 0.124 e. The third-order valence-corrected chi connectivity index (χ3v) is 4.09. The van der Waals surface area contributed by atoms with E-state index in [0.717, 1.165) is 9.61 Å². The molecule has 0 bridgehead atoms. The Labute approximate surface area is 95.9 Å². The van der Waals surface area contributed by atoms with Crippen LogP contribution >= 0.6 is 27.3 Å². The van der Waals surface area contributed by atoms with E-state index in [1.165, 1.54) is 16.0 Å². The monoisotopic (exact) mass is 267 g/mol. The minimum atomic E-state index is 0.957. The summed E-state index contributed by atoms with van der Waals surface area (Å²) in [6.45, 7) is 4.16. The van der Waals surface area contributed by atoms with Gasteiger partial charge in [0.05, 0.1) is 0 Å². The van der Waals surface area contributed by atoms with Crippen molar-refractivity contribution in [2.24, 2.45) is 0 Å². The van der Waals surface area contributed by atoms with Crippen LogP contribution in [-0.2, 0) is 0 Å². The van der Waals surface area contributed by atoms with Crippen LogP contribution in [0.4, 0.5) is 0 Å². The second kappa shape index (κ2) is 3.83. The molecule has 2 rings (SSSR count). The standard InChI is InChI=1S/C11H10BrNS/c1-7-3-5-9(6-4-7)11-13-10(12)8(2)14-11/h3-6H,1-2H3. The number of rotatable bonds is 1. The van der Waals surface area contributed by atoms with E-state index in [9.17, 15) is 0 Å². The van der Waals surface area contributed by atoms with Crippen molar-refractivity contribution >= 4 is 27.3 Å². The molecule has 0 unspecified atom stereocenters. The maximum Gasteiger partial charge on any atom is 0.124 e. The Balaban J connectivity index is 2.44. The van der Waals surface area contributed by atoms with Gasteiger partial charge in [0.2, 0.25) is 0 Å². The van der Waals surface area contributed by atoms with E-state index < -0.39 is 0 Å². The molecule has 0 saturated heterocycles. The number of benzene rings is 1. The van der Waals surface area contributed by atoms with E-state index in [2.05, 4.69) is 59.0 Å². The summed E-state index contributed by atoms with van der Waals surface area (Å²) in [6, 6.07) is 8.44. The lowest BCUT2D eigenvalue weighted by Crippen LogP contribution is -1.76. The molecule has 1 nitrogen and oxygen atoms in total. The van der Waals surface area contributed by atoms with Crippen LogP contribution in [0.2, 0.25) is 0 Å². The molecule has 3 heteroatoms. The molecule has 0 amide bonds. The van der Waals surface area contributed by atoms with Gasteiger partial charge >= 0.3 is 0 Å². The Bertz CT molecular complexity index is 425. The normalized spacial score (nSPS) is 10.5. The van der Waals surface area contributed by atoms with Gasteiger partial charge in [-0.15, -0.1) is 11.3 Å². The first-order valence-corrected chi connectivity index (χ1v) is 5.98. The molecule has 0 N–H and O–H groups in total. The molecule has 1 heterocycles. The Kier molecular flexibility index (Phi) is 2.70. The van der Waals surface area contributed by atoms with Crippen molar-refractivity contribution in [3.8, 4) is 10.6 Å². The molecule has 0 saturated carbocycles. The minimum absolute atomic E-state index is 0.957. The van der Waals surface area contributed by atoms with Crippen LogP contribution in [0, 0.1) is 13.8 Å². The first-order valence-electron chi connectivity index (χ1n) is 4.37. The van der Waals surface area contributed by atoms with Gasteiger partial charge in [0.15, 0.2) is 0 Å². The van der Waals surface area contributed by atoms with E-state index in [4.69, 9.17) is 0 Å². The van der Waals surface area contributed by atoms with E-state index in [1.54, 1.807) is 11.3 Å². The molecule has 0 aliphatic rings. The number of halogens is 1. The maximum atomic E-state index is 4.45. The van der Waals surface area contributed by atoms with Gasteiger partial charge in [-0.1, -0.05) is 29.8 Å². The minimum Gasteiger partial charge on any atom is -0.229 e. The van der Waals surface area contributed by atoms with E-state index in [-0.39, 0.29) is 0 Å². The van der Waals surface area contributed by atoms with Gasteiger partial charge in [0.25, 0.3) is 0 Å². The fourth-order valence-corrected chi connectivity index (χ4v) is 2.55. The first kappa shape index (κ1) is 9.87. The van der Waals surface area contributed by atoms with Gasteiger partial charge in [0.1, 0.15) is 9.61 Å². The van der Waals surface area contributed by atoms with Gasteiger partial charge in [-0.2, -0.15) is 0 Å². The summed E-state index contributed by atoms with van der Waals surface area (Å²) in [6.07, 6.45) is 0. The second-order valence-electron chi connectivity index (χ2n) is 3.23. The third-order valence-electron chi connectivity index (χ3n) is 2.04. The topological polar surface area (TPSA) is 12.9 Å². The average Bonchev–Trinajstić information content (AvgIpc) is 2.48. The molecular weight excluding hydrogens is 258 g/mol. The van der Waals surface area contributed by atoms with Crippen molar-refractivity contribution in [3.63, 3.8) is 0 Å². The van der Waals surface area contributed by atoms with Gasteiger partial charge in [-0.05, 0) is 29.8 Å². The Morgan fingerprint density at radius 3 is 2.29 bits per heavy atom. The van der Waals surface area contributed by atoms with Crippen LogP contribution in [0.3, 0.4) is 0 Å². The highest BCUT2D eigenvalue weighted by atomic mass is 79.9. The fourth-order valence-electron chi connectivity index (χ4n) is 1.20. The molecule has 1 aromatic heterocycles. The molecule has 14 heavy (non-hydrogen) atoms. The van der Waals surface area contributed by atoms with Crippen molar-refractivity contribution in [2.45, 2.75) is 13.8 Å². The van der Waals surface area contributed by atoms with Crippen molar-refractivity contribution < 1.29 is 0 Å². The van der Waals surface area contributed by atoms with Crippen LogP contribution < -0.4 is 0 Å². The van der Waals surface area contributed by atoms with Crippen molar-refractivity contribution in [1.82, 2.24) is 4.98 Å². The molecule has 0 aliphatic heterocycles. The summed E-state index contributed by atoms with van der Waals surface area (Å²) in [5.74, 6) is 0. The van der Waals surface area contributed by atoms with Crippen LogP contribution in [0.5, 0.6) is 0 Å². The predicted molar refractivity (Wildman–Crippen MR) is 64.7 cm³/mol. The molecule has 1 aromatic carbocycles. The van der Waals surface area contributed by atoms with Crippen LogP contribution in [0.15, 0.2) is 28.9 Å². The van der Waals surface area contributed by atoms with E-state index >= 15 is 0 Å². The second-order valence-corrected chi connectivity index (χ2v) is 5.19. The van der Waals surface area contributed by atoms with Crippen molar-refractivity contribution in [3.05, 3.63) is 39.3 Å². The number of hydrogen-bond donors (Lipinski definition) is 0. The van der Waals surface area contributed by atoms with Crippen LogP contribution in [-0.4, -0.2) is 4.98 Å². The lowest BCUT2D eigenvalue weighted by Gasteiger charge is -1.95. The van der Waals surface area contributed by atoms with Gasteiger partial charge in [0, 0.05) is 10.4 Å². The summed E-state index contributed by atoms with van der Waals surface area (Å²) in [4.78, 5) is 5.67. The highest BCUT2D eigenvalue weighted by molar-refractivity contribution is 9.10. The Morgan fingerprint density at radius 2 is 1.79 bits per heavy atom. The largest absolute Gasteiger partial charge is 0.229 e. The number of aryl methyl sites for hydroxylation is 2. The molecule has 0 radical (unpaired) electrons. The van der Waals surface area contributed by atoms with E-state index in [0.29, 0.717) is 0 Å². The summed E-state index contributed by atoms with van der Waals surface area (Å²) >= 11 is 5.14. The molecule has 0 aliphatic carbocycles. The lowest BCUT2D eigenvalue weighted by atomic mass is 10.2. The maximum absolute atomic E-state index is 4.45. The summed E-state index contributed by atoms with van der Waals surface area (Å²) in [7, 11) is 0. The number of thiazole rings is 1. The zero-order valence-electron chi connectivity index (χ0n) is 8.04. The Morgan fingerprint density at radius 1 is 1.14 bits per heavy atom. The van der Waals surface area contributed by atoms with Crippen molar-refractivity contribution in [2.75, 3.05) is 0 Å². The summed E-state index contributed by atoms with van der Waals surface area (Å²) < 4.78 is 0.957. The predicted octanol–water partition coefficient (Wildman–Crippen LogP) is 4.19.